The van der Waals surface area contributed by atoms with E-state index in [0.29, 0.717) is 23.7 Å². The molecule has 3 rings (SSSR count). The van der Waals surface area contributed by atoms with Gasteiger partial charge in [0.05, 0.1) is 6.61 Å². The third-order valence-electron chi connectivity index (χ3n) is 4.52. The molecule has 0 saturated heterocycles. The first kappa shape index (κ1) is 21.8. The van der Waals surface area contributed by atoms with Crippen molar-refractivity contribution in [3.05, 3.63) is 84.4 Å². The third kappa shape index (κ3) is 5.78. The van der Waals surface area contributed by atoms with Crippen LogP contribution in [0.5, 0.6) is 11.5 Å². The van der Waals surface area contributed by atoms with Crippen LogP contribution in [0.1, 0.15) is 12.5 Å². The minimum atomic E-state index is -3.77. The van der Waals surface area contributed by atoms with Crippen LogP contribution in [0.2, 0.25) is 0 Å². The molecule has 0 fully saturated rings. The summed E-state index contributed by atoms with van der Waals surface area (Å²) in [5, 5.41) is 12.2. The van der Waals surface area contributed by atoms with Gasteiger partial charge in [-0.25, -0.2) is 4.57 Å². The van der Waals surface area contributed by atoms with Crippen LogP contribution in [0.25, 0.3) is 0 Å². The lowest BCUT2D eigenvalue weighted by molar-refractivity contribution is 0.302. The smallest absolute Gasteiger partial charge is 0.400 e. The van der Waals surface area contributed by atoms with E-state index in [0.717, 1.165) is 17.8 Å². The van der Waals surface area contributed by atoms with Crippen LogP contribution in [-0.2, 0) is 4.57 Å². The molecule has 0 aliphatic rings. The summed E-state index contributed by atoms with van der Waals surface area (Å²) in [6.45, 7) is 5.37. The maximum Gasteiger partial charge on any atom is 0.541 e. The van der Waals surface area contributed by atoms with E-state index in [1.807, 2.05) is 68.4 Å². The van der Waals surface area contributed by atoms with E-state index < -0.39 is 7.75 Å². The van der Waals surface area contributed by atoms with Gasteiger partial charge in [0.2, 0.25) is 0 Å². The topological polar surface area (TPSA) is 71.0 Å². The van der Waals surface area contributed by atoms with Crippen molar-refractivity contribution >= 4 is 19.1 Å². The number of aliphatic hydroxyl groups is 1. The number of para-hydroxylation sites is 2. The molecule has 0 aliphatic heterocycles. The van der Waals surface area contributed by atoms with E-state index in [4.69, 9.17) is 9.05 Å². The van der Waals surface area contributed by atoms with Gasteiger partial charge < -0.3 is 19.1 Å². The molecule has 6 nitrogen and oxygen atoms in total. The Labute approximate surface area is 177 Å². The third-order valence-corrected chi connectivity index (χ3v) is 5.94. The van der Waals surface area contributed by atoms with Gasteiger partial charge in [0, 0.05) is 24.5 Å². The summed E-state index contributed by atoms with van der Waals surface area (Å²) >= 11 is 0. The Kier molecular flexibility index (Phi) is 7.39. The van der Waals surface area contributed by atoms with E-state index in [-0.39, 0.29) is 6.61 Å². The predicted octanol–water partition coefficient (Wildman–Crippen LogP) is 5.49. The molecular formula is C23H27N2O4P. The molecule has 0 unspecified atom stereocenters. The fraction of sp³-hybridized carbons (Fsp3) is 0.217. The van der Waals surface area contributed by atoms with Crippen molar-refractivity contribution in [2.45, 2.75) is 13.8 Å². The van der Waals surface area contributed by atoms with Crippen molar-refractivity contribution < 1.29 is 18.7 Å². The Hall–Kier alpha value is -2.95. The highest BCUT2D eigenvalue weighted by Crippen LogP contribution is 2.49. The summed E-state index contributed by atoms with van der Waals surface area (Å²) in [5.41, 5.74) is 2.52. The van der Waals surface area contributed by atoms with Crippen LogP contribution in [-0.4, -0.2) is 24.8 Å². The normalized spacial score (nSPS) is 11.0. The fourth-order valence-electron chi connectivity index (χ4n) is 3.01. The fourth-order valence-corrected chi connectivity index (χ4v) is 4.49. The monoisotopic (exact) mass is 426 g/mol. The summed E-state index contributed by atoms with van der Waals surface area (Å²) in [4.78, 5) is 2.07. The molecule has 0 saturated carbocycles. The number of nitrogens with one attached hydrogen (secondary N) is 1. The van der Waals surface area contributed by atoms with E-state index in [2.05, 4.69) is 9.99 Å². The molecule has 0 amide bonds. The number of likely N-dealkylation sites (N-methyl/N-ethyl adjacent to an activating group) is 1. The highest BCUT2D eigenvalue weighted by molar-refractivity contribution is 7.56. The lowest BCUT2D eigenvalue weighted by atomic mass is 10.1. The predicted molar refractivity (Wildman–Crippen MR) is 122 cm³/mol. The van der Waals surface area contributed by atoms with Gasteiger partial charge in [-0.2, -0.15) is 0 Å². The Balaban J connectivity index is 1.88. The van der Waals surface area contributed by atoms with E-state index in [9.17, 15) is 9.67 Å². The zero-order valence-corrected chi connectivity index (χ0v) is 18.1. The van der Waals surface area contributed by atoms with Gasteiger partial charge in [0.15, 0.2) is 0 Å². The van der Waals surface area contributed by atoms with Crippen LogP contribution in [0.15, 0.2) is 78.9 Å². The van der Waals surface area contributed by atoms with Crippen molar-refractivity contribution in [1.29, 1.82) is 0 Å². The number of hydrogen-bond acceptors (Lipinski definition) is 5. The number of anilines is 2. The van der Waals surface area contributed by atoms with Crippen LogP contribution in [0.4, 0.5) is 11.4 Å². The van der Waals surface area contributed by atoms with Gasteiger partial charge in [-0.1, -0.05) is 36.4 Å². The zero-order valence-electron chi connectivity index (χ0n) is 17.2. The number of hydrogen-bond donors (Lipinski definition) is 2. The molecule has 0 bridgehead atoms. The molecule has 0 radical (unpaired) electrons. The molecule has 0 atom stereocenters. The Morgan fingerprint density at radius 2 is 1.50 bits per heavy atom. The van der Waals surface area contributed by atoms with E-state index in [1.54, 1.807) is 24.3 Å². The molecule has 30 heavy (non-hydrogen) atoms. The van der Waals surface area contributed by atoms with Crippen molar-refractivity contribution in [3.63, 3.8) is 0 Å². The molecule has 3 aromatic carbocycles. The van der Waals surface area contributed by atoms with Gasteiger partial charge in [-0.05, 0) is 61.9 Å². The SMILES string of the molecule is CCN(CCO)c1ccc(NP(=O)(Oc2ccccc2)Oc2ccccc2)c(C)c1. The second kappa shape index (κ2) is 10.2. The van der Waals surface area contributed by atoms with Crippen LogP contribution in [0, 0.1) is 6.92 Å². The number of nitrogens with zero attached hydrogens (tertiary/aromatic N) is 1. The summed E-state index contributed by atoms with van der Waals surface area (Å²) in [7, 11) is -3.77. The largest absolute Gasteiger partial charge is 0.541 e. The summed E-state index contributed by atoms with van der Waals surface area (Å²) in [5.74, 6) is 0.886. The summed E-state index contributed by atoms with van der Waals surface area (Å²) in [6, 6.07) is 23.6. The molecule has 0 aliphatic carbocycles. The molecule has 0 heterocycles. The highest BCUT2D eigenvalue weighted by atomic mass is 31.2. The first-order chi connectivity index (χ1) is 14.5. The first-order valence-corrected chi connectivity index (χ1v) is 11.4. The average Bonchev–Trinajstić information content (AvgIpc) is 2.75. The Morgan fingerprint density at radius 1 is 0.933 bits per heavy atom. The van der Waals surface area contributed by atoms with Crippen LogP contribution < -0.4 is 19.0 Å². The summed E-state index contributed by atoms with van der Waals surface area (Å²) in [6.07, 6.45) is 0. The quantitative estimate of drug-likeness (QED) is 0.418. The lowest BCUT2D eigenvalue weighted by Gasteiger charge is -2.25. The van der Waals surface area contributed by atoms with Gasteiger partial charge in [0.1, 0.15) is 11.5 Å². The van der Waals surface area contributed by atoms with Crippen molar-refractivity contribution in [3.8, 4) is 11.5 Å². The second-order valence-corrected chi connectivity index (χ2v) is 8.30. The highest BCUT2D eigenvalue weighted by Gasteiger charge is 2.29. The van der Waals surface area contributed by atoms with Crippen LogP contribution >= 0.6 is 7.75 Å². The lowest BCUT2D eigenvalue weighted by Crippen LogP contribution is -2.26. The molecule has 3 aromatic rings. The molecule has 0 aromatic heterocycles. The van der Waals surface area contributed by atoms with Gasteiger partial charge >= 0.3 is 7.75 Å². The molecule has 0 spiro atoms. The number of benzene rings is 3. The van der Waals surface area contributed by atoms with Crippen LogP contribution in [0.3, 0.4) is 0 Å². The van der Waals surface area contributed by atoms with Crippen molar-refractivity contribution in [1.82, 2.24) is 0 Å². The van der Waals surface area contributed by atoms with Gasteiger partial charge in [-0.3, -0.25) is 5.09 Å². The second-order valence-electron chi connectivity index (χ2n) is 6.72. The molecule has 2 N–H and O–H groups in total. The van der Waals surface area contributed by atoms with Gasteiger partial charge in [0.25, 0.3) is 0 Å². The van der Waals surface area contributed by atoms with Gasteiger partial charge in [-0.15, -0.1) is 0 Å². The molecule has 7 heteroatoms. The number of rotatable bonds is 10. The number of aryl methyl sites for hydroxylation is 1. The molecular weight excluding hydrogens is 399 g/mol. The van der Waals surface area contributed by atoms with Crippen molar-refractivity contribution in [2.24, 2.45) is 0 Å². The minimum absolute atomic E-state index is 0.0813. The molecule has 158 valence electrons. The zero-order chi connectivity index (χ0) is 21.4. The maximum atomic E-state index is 13.7. The average molecular weight is 426 g/mol. The first-order valence-electron chi connectivity index (χ1n) is 9.87. The van der Waals surface area contributed by atoms with E-state index >= 15 is 0 Å². The Morgan fingerprint density at radius 3 is 1.97 bits per heavy atom. The minimum Gasteiger partial charge on any atom is -0.400 e. The summed E-state index contributed by atoms with van der Waals surface area (Å²) < 4.78 is 25.2. The standard InChI is InChI=1S/C23H27N2O4P/c1-3-25(16-17-26)20-14-15-23(19(2)18-20)24-30(27,28-21-10-6-4-7-11-21)29-22-12-8-5-9-13-22/h4-15,18,26H,3,16-17H2,1-2H3,(H,24,27). The Bertz CT molecular complexity index is 938. The number of aliphatic hydroxyl groups excluding tert-OH is 1. The maximum absolute atomic E-state index is 13.7. The van der Waals surface area contributed by atoms with E-state index in [1.165, 1.54) is 0 Å². The van der Waals surface area contributed by atoms with Crippen molar-refractivity contribution in [2.75, 3.05) is 29.7 Å².